The Balaban J connectivity index is 2.11. The number of imide groups is 1. The minimum absolute atomic E-state index is 0.0885. The number of anilines is 1. The molecule has 0 spiro atoms. The van der Waals surface area contributed by atoms with E-state index in [1.54, 1.807) is 6.07 Å². The van der Waals surface area contributed by atoms with Crippen LogP contribution in [-0.4, -0.2) is 38.8 Å². The Hall–Kier alpha value is -1.80. The van der Waals surface area contributed by atoms with Crippen molar-refractivity contribution < 1.29 is 14.5 Å². The van der Waals surface area contributed by atoms with Crippen molar-refractivity contribution in [2.75, 3.05) is 17.7 Å². The summed E-state index contributed by atoms with van der Waals surface area (Å²) in [4.78, 5) is 34.8. The van der Waals surface area contributed by atoms with Gasteiger partial charge in [0.25, 0.3) is 16.8 Å². The average Bonchev–Trinajstić information content (AvgIpc) is 2.67. The largest absolute Gasteiger partial charge is 0.365 e. The normalized spacial score (nSPS) is 18.4. The molecule has 9 heteroatoms. The van der Waals surface area contributed by atoms with Crippen LogP contribution < -0.4 is 5.32 Å². The molecule has 1 aromatic rings. The molecule has 0 saturated carbocycles. The number of thioether (sulfide) groups is 1. The fourth-order valence-electron chi connectivity index (χ4n) is 1.68. The third kappa shape index (κ3) is 3.02. The van der Waals surface area contributed by atoms with Crippen LogP contribution in [0.3, 0.4) is 0 Å². The van der Waals surface area contributed by atoms with Crippen LogP contribution in [0.5, 0.6) is 0 Å². The van der Waals surface area contributed by atoms with Crippen molar-refractivity contribution >= 4 is 45.9 Å². The number of nitro benzene ring substituents is 1. The van der Waals surface area contributed by atoms with Crippen LogP contribution in [0.2, 0.25) is 0 Å². The second kappa shape index (κ2) is 6.10. The van der Waals surface area contributed by atoms with E-state index in [4.69, 9.17) is 11.6 Å². The first-order valence-electron chi connectivity index (χ1n) is 5.62. The van der Waals surface area contributed by atoms with Crippen LogP contribution in [0.25, 0.3) is 0 Å². The summed E-state index contributed by atoms with van der Waals surface area (Å²) in [7, 11) is 0. The van der Waals surface area contributed by atoms with Gasteiger partial charge in [-0.2, -0.15) is 0 Å². The van der Waals surface area contributed by atoms with Crippen molar-refractivity contribution in [3.63, 3.8) is 0 Å². The van der Waals surface area contributed by atoms with E-state index in [0.717, 1.165) is 16.7 Å². The van der Waals surface area contributed by atoms with E-state index in [1.807, 2.05) is 0 Å². The number of carbonyl (C=O) groups is 2. The Morgan fingerprint density at radius 2 is 2.20 bits per heavy atom. The molecule has 1 aliphatic heterocycles. The number of halogens is 1. The first kappa shape index (κ1) is 14.6. The number of hydrogen-bond acceptors (Lipinski definition) is 6. The van der Waals surface area contributed by atoms with Gasteiger partial charge in [0.15, 0.2) is 5.37 Å². The van der Waals surface area contributed by atoms with Crippen molar-refractivity contribution in [3.8, 4) is 0 Å². The molecule has 0 unspecified atom stereocenters. The fourth-order valence-corrected chi connectivity index (χ4v) is 2.79. The number of non-ortho nitro benzene ring substituents is 1. The van der Waals surface area contributed by atoms with Gasteiger partial charge in [-0.25, -0.2) is 0 Å². The first-order chi connectivity index (χ1) is 9.52. The number of carbonyl (C=O) groups excluding carboxylic acids is 2. The number of nitrogens with one attached hydrogen (secondary N) is 1. The lowest BCUT2D eigenvalue weighted by molar-refractivity contribution is -0.384. The minimum Gasteiger partial charge on any atom is -0.365 e. The van der Waals surface area contributed by atoms with Crippen LogP contribution in [-0.2, 0) is 4.79 Å². The fraction of sp³-hybridized carbons (Fsp3) is 0.273. The van der Waals surface area contributed by atoms with E-state index in [2.05, 4.69) is 5.32 Å². The van der Waals surface area contributed by atoms with Crippen molar-refractivity contribution in [1.29, 1.82) is 0 Å². The molecule has 2 amide bonds. The van der Waals surface area contributed by atoms with Gasteiger partial charge in [0.1, 0.15) is 0 Å². The van der Waals surface area contributed by atoms with Crippen molar-refractivity contribution in [3.05, 3.63) is 34.4 Å². The highest BCUT2D eigenvalue weighted by atomic mass is 35.5. The quantitative estimate of drug-likeness (QED) is 0.509. The number of benzene rings is 1. The Kier molecular flexibility index (Phi) is 4.46. The molecule has 0 bridgehead atoms. The second-order valence-electron chi connectivity index (χ2n) is 3.89. The maximum atomic E-state index is 12.0. The predicted octanol–water partition coefficient (Wildman–Crippen LogP) is 2.27. The molecule has 0 aliphatic carbocycles. The molecule has 1 N–H and O–H groups in total. The third-order valence-electron chi connectivity index (χ3n) is 2.59. The number of hydrogen-bond donors (Lipinski definition) is 1. The zero-order valence-electron chi connectivity index (χ0n) is 10.1. The molecule has 7 nitrogen and oxygen atoms in total. The summed E-state index contributed by atoms with van der Waals surface area (Å²) in [5.41, 5.74) is 0.319. The van der Waals surface area contributed by atoms with Crippen molar-refractivity contribution in [2.24, 2.45) is 0 Å². The van der Waals surface area contributed by atoms with Gasteiger partial charge < -0.3 is 5.32 Å². The maximum Gasteiger partial charge on any atom is 0.290 e. The lowest BCUT2D eigenvalue weighted by Crippen LogP contribution is -2.35. The summed E-state index contributed by atoms with van der Waals surface area (Å²) in [5.74, 6) is -0.228. The molecule has 1 fully saturated rings. The van der Waals surface area contributed by atoms with Gasteiger partial charge in [-0.1, -0.05) is 6.07 Å². The smallest absolute Gasteiger partial charge is 0.290 e. The Morgan fingerprint density at radius 3 is 2.85 bits per heavy atom. The lowest BCUT2D eigenvalue weighted by atomic mass is 10.3. The van der Waals surface area contributed by atoms with Crippen LogP contribution in [0, 0.1) is 10.1 Å². The van der Waals surface area contributed by atoms with E-state index < -0.39 is 16.2 Å². The number of nitro groups is 1. The van der Waals surface area contributed by atoms with Gasteiger partial charge in [0.2, 0.25) is 0 Å². The first-order valence-corrected chi connectivity index (χ1v) is 7.03. The zero-order chi connectivity index (χ0) is 14.7. The molecule has 0 radical (unpaired) electrons. The summed E-state index contributed by atoms with van der Waals surface area (Å²) in [6, 6.07) is 5.75. The number of amides is 2. The number of rotatable bonds is 5. The molecule has 1 aliphatic rings. The molecule has 20 heavy (non-hydrogen) atoms. The zero-order valence-corrected chi connectivity index (χ0v) is 11.7. The Morgan fingerprint density at radius 1 is 1.45 bits per heavy atom. The van der Waals surface area contributed by atoms with Crippen LogP contribution in [0.15, 0.2) is 24.3 Å². The number of nitrogens with zero attached hydrogens (tertiary/aromatic N) is 2. The van der Waals surface area contributed by atoms with Gasteiger partial charge in [-0.3, -0.25) is 24.6 Å². The van der Waals surface area contributed by atoms with Gasteiger partial charge in [0, 0.05) is 30.2 Å². The molecule has 106 valence electrons. The van der Waals surface area contributed by atoms with Crippen LogP contribution >= 0.6 is 23.4 Å². The average molecular weight is 316 g/mol. The van der Waals surface area contributed by atoms with E-state index >= 15 is 0 Å². The highest BCUT2D eigenvalue weighted by molar-refractivity contribution is 8.15. The predicted molar refractivity (Wildman–Crippen MR) is 75.9 cm³/mol. The van der Waals surface area contributed by atoms with E-state index in [-0.39, 0.29) is 23.4 Å². The highest BCUT2D eigenvalue weighted by Crippen LogP contribution is 2.29. The van der Waals surface area contributed by atoms with E-state index in [1.165, 1.54) is 18.2 Å². The Labute approximate surface area is 123 Å². The second-order valence-corrected chi connectivity index (χ2v) is 5.33. The van der Waals surface area contributed by atoms with Gasteiger partial charge >= 0.3 is 0 Å². The van der Waals surface area contributed by atoms with Crippen LogP contribution in [0.1, 0.15) is 0 Å². The molecular formula is C11H10ClN3O4S. The van der Waals surface area contributed by atoms with Gasteiger partial charge in [-0.15, -0.1) is 11.6 Å². The molecule has 1 aromatic carbocycles. The monoisotopic (exact) mass is 315 g/mol. The lowest BCUT2D eigenvalue weighted by Gasteiger charge is -2.13. The third-order valence-corrected chi connectivity index (χ3v) is 3.74. The van der Waals surface area contributed by atoms with Crippen LogP contribution in [0.4, 0.5) is 16.2 Å². The van der Waals surface area contributed by atoms with E-state index in [0.29, 0.717) is 5.69 Å². The molecule has 0 aromatic heterocycles. The SMILES string of the molecule is O=C1S[C@H](Nc2cccc([N+](=O)[O-])c2)C(=O)N1CCCl. The number of alkyl halides is 1. The van der Waals surface area contributed by atoms with Crippen molar-refractivity contribution in [1.82, 2.24) is 4.90 Å². The summed E-state index contributed by atoms with van der Waals surface area (Å²) in [5, 5.41) is 12.3. The summed E-state index contributed by atoms with van der Waals surface area (Å²) in [6.07, 6.45) is 0. The topological polar surface area (TPSA) is 92.5 Å². The summed E-state index contributed by atoms with van der Waals surface area (Å²) in [6.45, 7) is 0.152. The molecule has 1 heterocycles. The molecule has 1 saturated heterocycles. The van der Waals surface area contributed by atoms with E-state index in [9.17, 15) is 19.7 Å². The van der Waals surface area contributed by atoms with Gasteiger partial charge in [0.05, 0.1) is 4.92 Å². The highest BCUT2D eigenvalue weighted by Gasteiger charge is 2.39. The summed E-state index contributed by atoms with van der Waals surface area (Å²) >= 11 is 6.35. The maximum absolute atomic E-state index is 12.0. The molecule has 1 atom stereocenters. The van der Waals surface area contributed by atoms with Crippen molar-refractivity contribution in [2.45, 2.75) is 5.37 Å². The minimum atomic E-state index is -0.785. The molecular weight excluding hydrogens is 306 g/mol. The standard InChI is InChI=1S/C11H10ClN3O4S/c12-4-5-14-10(16)9(20-11(14)17)13-7-2-1-3-8(6-7)15(18)19/h1-3,6,9,13H,4-5H2/t9-/m0/s1. The summed E-state index contributed by atoms with van der Waals surface area (Å²) < 4.78 is 0. The molecule has 2 rings (SSSR count). The van der Waals surface area contributed by atoms with Gasteiger partial charge in [-0.05, 0) is 17.8 Å². The Bertz CT molecular complexity index is 568.